The average molecular weight is 418 g/mol. The summed E-state index contributed by atoms with van der Waals surface area (Å²) in [6.07, 6.45) is 0.604. The van der Waals surface area contributed by atoms with Crippen molar-refractivity contribution >= 4 is 11.5 Å². The van der Waals surface area contributed by atoms with E-state index in [-0.39, 0.29) is 30.8 Å². The summed E-state index contributed by atoms with van der Waals surface area (Å²) in [7, 11) is 0. The fourth-order valence-electron chi connectivity index (χ4n) is 3.55. The summed E-state index contributed by atoms with van der Waals surface area (Å²) >= 11 is 0. The Labute approximate surface area is 176 Å². The predicted octanol–water partition coefficient (Wildman–Crippen LogP) is 4.86. The van der Waals surface area contributed by atoms with Crippen LogP contribution < -0.4 is 14.4 Å². The summed E-state index contributed by atoms with van der Waals surface area (Å²) in [5.41, 5.74) is 2.07. The fourth-order valence-corrected chi connectivity index (χ4v) is 3.55. The number of ether oxygens (including phenoxy) is 2. The van der Waals surface area contributed by atoms with Crippen molar-refractivity contribution in [2.24, 2.45) is 0 Å². The van der Waals surface area contributed by atoms with Crippen LogP contribution in [0.15, 0.2) is 42.6 Å². The molecule has 0 N–H and O–H groups in total. The number of ketones is 1. The minimum absolute atomic E-state index is 0.00988. The highest BCUT2D eigenvalue weighted by atomic mass is 19.3. The molecular weight excluding hydrogens is 390 g/mol. The number of hydrogen-bond donors (Lipinski definition) is 0. The van der Waals surface area contributed by atoms with Crippen LogP contribution in [0.4, 0.5) is 14.5 Å². The Hall–Kier alpha value is -2.70. The van der Waals surface area contributed by atoms with Crippen molar-refractivity contribution in [1.29, 1.82) is 0 Å². The van der Waals surface area contributed by atoms with Crippen molar-refractivity contribution in [3.63, 3.8) is 0 Å². The number of halogens is 2. The summed E-state index contributed by atoms with van der Waals surface area (Å²) in [6, 6.07) is 11.3. The predicted molar refractivity (Wildman–Crippen MR) is 112 cm³/mol. The quantitative estimate of drug-likeness (QED) is 0.552. The number of nitrogens with zero attached hydrogens (tertiary/aromatic N) is 2. The molecule has 0 radical (unpaired) electrons. The van der Waals surface area contributed by atoms with Gasteiger partial charge in [0, 0.05) is 43.8 Å². The first kappa shape index (κ1) is 22.0. The summed E-state index contributed by atoms with van der Waals surface area (Å²) in [5.74, 6) is 1.49. The van der Waals surface area contributed by atoms with E-state index in [2.05, 4.69) is 9.88 Å². The summed E-state index contributed by atoms with van der Waals surface area (Å²) in [5, 5.41) is 0. The molecule has 2 atom stereocenters. The lowest BCUT2D eigenvalue weighted by Gasteiger charge is -2.19. The summed E-state index contributed by atoms with van der Waals surface area (Å²) in [4.78, 5) is 17.9. The van der Waals surface area contributed by atoms with Crippen LogP contribution in [0.5, 0.6) is 11.6 Å². The van der Waals surface area contributed by atoms with Crippen LogP contribution in [0.3, 0.4) is 0 Å². The fraction of sp³-hybridized carbons (Fsp3) is 0.478. The van der Waals surface area contributed by atoms with E-state index in [1.807, 2.05) is 31.2 Å². The third kappa shape index (κ3) is 6.40. The van der Waals surface area contributed by atoms with E-state index in [1.165, 1.54) is 0 Å². The van der Waals surface area contributed by atoms with E-state index in [0.717, 1.165) is 30.8 Å². The number of hydrogen-bond acceptors (Lipinski definition) is 5. The Morgan fingerprint density at radius 1 is 1.23 bits per heavy atom. The van der Waals surface area contributed by atoms with Gasteiger partial charge in [0.1, 0.15) is 17.6 Å². The molecule has 3 rings (SSSR count). The van der Waals surface area contributed by atoms with Crippen LogP contribution in [0.25, 0.3) is 0 Å². The zero-order valence-electron chi connectivity index (χ0n) is 17.4. The molecule has 1 aromatic carbocycles. The third-order valence-corrected chi connectivity index (χ3v) is 5.16. The molecule has 0 aliphatic carbocycles. The maximum atomic E-state index is 12.2. The largest absolute Gasteiger partial charge is 0.493 e. The first-order valence-electron chi connectivity index (χ1n) is 10.3. The topological polar surface area (TPSA) is 51.7 Å². The summed E-state index contributed by atoms with van der Waals surface area (Å²) in [6.45, 7) is 5.24. The average Bonchev–Trinajstić information content (AvgIpc) is 3.17. The van der Waals surface area contributed by atoms with Gasteiger partial charge in [0.15, 0.2) is 0 Å². The SMILES string of the molecule is CC(=O)C[C@@H](C)c1ccc(OC2CCN(c3ccc(OCCC(F)F)cc3)C2)nc1. The van der Waals surface area contributed by atoms with Crippen LogP contribution in [-0.4, -0.2) is 43.0 Å². The van der Waals surface area contributed by atoms with Gasteiger partial charge in [0.25, 0.3) is 0 Å². The van der Waals surface area contributed by atoms with Crippen LogP contribution >= 0.6 is 0 Å². The van der Waals surface area contributed by atoms with Gasteiger partial charge in [0.2, 0.25) is 12.3 Å². The number of rotatable bonds is 10. The molecule has 162 valence electrons. The lowest BCUT2D eigenvalue weighted by molar-refractivity contribution is -0.117. The molecule has 1 aliphatic heterocycles. The monoisotopic (exact) mass is 418 g/mol. The van der Waals surface area contributed by atoms with Crippen LogP contribution in [0, 0.1) is 0 Å². The smallest absolute Gasteiger partial charge is 0.241 e. The normalized spacial score (nSPS) is 17.2. The van der Waals surface area contributed by atoms with Crippen molar-refractivity contribution < 1.29 is 23.0 Å². The Bertz CT molecular complexity index is 812. The van der Waals surface area contributed by atoms with Crippen molar-refractivity contribution in [2.45, 2.75) is 51.6 Å². The molecule has 0 amide bonds. The van der Waals surface area contributed by atoms with Gasteiger partial charge in [0.05, 0.1) is 13.2 Å². The van der Waals surface area contributed by atoms with E-state index in [0.29, 0.717) is 18.1 Å². The van der Waals surface area contributed by atoms with Gasteiger partial charge in [-0.3, -0.25) is 0 Å². The van der Waals surface area contributed by atoms with E-state index in [1.54, 1.807) is 25.3 Å². The number of alkyl halides is 2. The maximum absolute atomic E-state index is 12.2. The van der Waals surface area contributed by atoms with Gasteiger partial charge < -0.3 is 19.2 Å². The Morgan fingerprint density at radius 3 is 2.63 bits per heavy atom. The van der Waals surface area contributed by atoms with Gasteiger partial charge >= 0.3 is 0 Å². The highest BCUT2D eigenvalue weighted by Gasteiger charge is 2.24. The zero-order chi connectivity index (χ0) is 21.5. The zero-order valence-corrected chi connectivity index (χ0v) is 17.4. The van der Waals surface area contributed by atoms with E-state index in [9.17, 15) is 13.6 Å². The maximum Gasteiger partial charge on any atom is 0.241 e. The molecular formula is C23H28F2N2O3. The molecule has 5 nitrogen and oxygen atoms in total. The van der Waals surface area contributed by atoms with Crippen molar-refractivity contribution in [3.05, 3.63) is 48.2 Å². The lowest BCUT2D eigenvalue weighted by Crippen LogP contribution is -2.24. The molecule has 1 fully saturated rings. The third-order valence-electron chi connectivity index (χ3n) is 5.16. The second kappa shape index (κ2) is 10.4. The standard InChI is InChI=1S/C23H28F2N2O3/c1-16(13-17(2)28)18-3-8-23(26-14-18)30-21-9-11-27(15-21)19-4-6-20(7-5-19)29-12-10-22(24)25/h3-8,14,16,21-22H,9-13,15H2,1-2H3/t16-,21?/m1/s1. The molecule has 2 heterocycles. The molecule has 2 aromatic rings. The number of benzene rings is 1. The van der Waals surface area contributed by atoms with Crippen LogP contribution in [-0.2, 0) is 4.79 Å². The second-order valence-electron chi connectivity index (χ2n) is 7.73. The van der Waals surface area contributed by atoms with Gasteiger partial charge in [-0.05, 0) is 42.7 Å². The molecule has 0 spiro atoms. The number of carbonyl (C=O) groups excluding carboxylic acids is 1. The number of carbonyl (C=O) groups is 1. The minimum atomic E-state index is -2.35. The Morgan fingerprint density at radius 2 is 2.00 bits per heavy atom. The van der Waals surface area contributed by atoms with Crippen LogP contribution in [0.2, 0.25) is 0 Å². The highest BCUT2D eigenvalue weighted by molar-refractivity contribution is 5.76. The van der Waals surface area contributed by atoms with Crippen molar-refractivity contribution in [1.82, 2.24) is 4.98 Å². The van der Waals surface area contributed by atoms with E-state index < -0.39 is 6.43 Å². The van der Waals surface area contributed by atoms with Gasteiger partial charge in [-0.25, -0.2) is 13.8 Å². The number of Topliss-reactive ketones (excluding diaryl/α,β-unsaturated/α-hetero) is 1. The molecule has 1 saturated heterocycles. The summed E-state index contributed by atoms with van der Waals surface area (Å²) < 4.78 is 35.7. The number of aromatic nitrogens is 1. The molecule has 30 heavy (non-hydrogen) atoms. The highest BCUT2D eigenvalue weighted by Crippen LogP contribution is 2.26. The van der Waals surface area contributed by atoms with Gasteiger partial charge in [-0.2, -0.15) is 0 Å². The van der Waals surface area contributed by atoms with Crippen molar-refractivity contribution in [2.75, 3.05) is 24.6 Å². The second-order valence-corrected chi connectivity index (χ2v) is 7.73. The van der Waals surface area contributed by atoms with Gasteiger partial charge in [-0.15, -0.1) is 0 Å². The van der Waals surface area contributed by atoms with E-state index >= 15 is 0 Å². The Kier molecular flexibility index (Phi) is 7.60. The van der Waals surface area contributed by atoms with Gasteiger partial charge in [-0.1, -0.05) is 13.0 Å². The molecule has 0 saturated carbocycles. The van der Waals surface area contributed by atoms with Crippen molar-refractivity contribution in [3.8, 4) is 11.6 Å². The number of pyridine rings is 1. The molecule has 1 aromatic heterocycles. The molecule has 1 aliphatic rings. The van der Waals surface area contributed by atoms with E-state index in [4.69, 9.17) is 9.47 Å². The first-order valence-corrected chi connectivity index (χ1v) is 10.3. The van der Waals surface area contributed by atoms with Crippen LogP contribution in [0.1, 0.15) is 44.6 Å². The first-order chi connectivity index (χ1) is 14.4. The number of anilines is 1. The molecule has 1 unspecified atom stereocenters. The molecule has 7 heteroatoms. The minimum Gasteiger partial charge on any atom is -0.493 e. The lowest BCUT2D eigenvalue weighted by atomic mass is 9.98. The Balaban J connectivity index is 1.49. The molecule has 0 bridgehead atoms.